The number of hydrogen-bond donors (Lipinski definition) is 2. The van der Waals surface area contributed by atoms with Gasteiger partial charge in [-0.3, -0.25) is 9.59 Å². The summed E-state index contributed by atoms with van der Waals surface area (Å²) in [6.07, 6.45) is 6.03. The molecule has 0 radical (unpaired) electrons. The summed E-state index contributed by atoms with van der Waals surface area (Å²) >= 11 is 0. The number of hydrogen-bond acceptors (Lipinski definition) is 2. The molecule has 0 fully saturated rings. The normalized spacial score (nSPS) is 12.3. The average Bonchev–Trinajstić information content (AvgIpc) is 2.15. The van der Waals surface area contributed by atoms with Crippen molar-refractivity contribution in [3.8, 4) is 0 Å². The van der Waals surface area contributed by atoms with Gasteiger partial charge < -0.3 is 11.5 Å². The maximum atomic E-state index is 10.9. The second-order valence-electron chi connectivity index (χ2n) is 3.93. The van der Waals surface area contributed by atoms with Gasteiger partial charge in [0, 0.05) is 12.3 Å². The van der Waals surface area contributed by atoms with Crippen LogP contribution in [0.1, 0.15) is 51.9 Å². The van der Waals surface area contributed by atoms with Crippen molar-refractivity contribution in [1.29, 1.82) is 0 Å². The topological polar surface area (TPSA) is 86.2 Å². The van der Waals surface area contributed by atoms with Crippen LogP contribution in [0, 0.1) is 5.92 Å². The predicted octanol–water partition coefficient (Wildman–Crippen LogP) is 1.32. The molecule has 1 unspecified atom stereocenters. The van der Waals surface area contributed by atoms with Crippen LogP contribution < -0.4 is 11.5 Å². The second-order valence-corrected chi connectivity index (χ2v) is 3.93. The van der Waals surface area contributed by atoms with Crippen LogP contribution in [0.5, 0.6) is 0 Å². The first kappa shape index (κ1) is 13.9. The number of carbonyl (C=O) groups is 2. The molecule has 88 valence electrons. The van der Waals surface area contributed by atoms with E-state index in [-0.39, 0.29) is 17.7 Å². The molecule has 2 amide bonds. The third-order valence-corrected chi connectivity index (χ3v) is 2.62. The molecule has 0 spiro atoms. The minimum atomic E-state index is -0.237. The van der Waals surface area contributed by atoms with Crippen LogP contribution in [0.2, 0.25) is 0 Å². The van der Waals surface area contributed by atoms with E-state index < -0.39 is 0 Å². The van der Waals surface area contributed by atoms with Gasteiger partial charge in [-0.25, -0.2) is 0 Å². The Morgan fingerprint density at radius 3 is 2.13 bits per heavy atom. The standard InChI is InChI=1S/C11H22N2O2/c1-2-9(11(13)15)7-5-3-4-6-8-10(12)14/h9H,2-8H2,1H3,(H2,12,14)(H2,13,15). The Kier molecular flexibility index (Phi) is 7.68. The lowest BCUT2D eigenvalue weighted by molar-refractivity contribution is -0.122. The van der Waals surface area contributed by atoms with Gasteiger partial charge in [-0.05, 0) is 19.3 Å². The maximum absolute atomic E-state index is 10.9. The Labute approximate surface area is 91.4 Å². The lowest BCUT2D eigenvalue weighted by atomic mass is 9.97. The molecule has 0 aromatic heterocycles. The molecule has 15 heavy (non-hydrogen) atoms. The Morgan fingerprint density at radius 1 is 1.07 bits per heavy atom. The van der Waals surface area contributed by atoms with Crippen molar-refractivity contribution in [1.82, 2.24) is 0 Å². The summed E-state index contributed by atoms with van der Waals surface area (Å²) in [7, 11) is 0. The van der Waals surface area contributed by atoms with Gasteiger partial charge in [-0.15, -0.1) is 0 Å². The van der Waals surface area contributed by atoms with Crippen molar-refractivity contribution in [3.63, 3.8) is 0 Å². The molecule has 0 saturated carbocycles. The predicted molar refractivity (Wildman–Crippen MR) is 59.9 cm³/mol. The summed E-state index contributed by atoms with van der Waals surface area (Å²) in [5.74, 6) is -0.422. The number of carbonyl (C=O) groups excluding carboxylic acids is 2. The quantitative estimate of drug-likeness (QED) is 0.567. The average molecular weight is 214 g/mol. The number of nitrogens with two attached hydrogens (primary N) is 2. The summed E-state index contributed by atoms with van der Waals surface area (Å²) in [5, 5.41) is 0. The highest BCUT2D eigenvalue weighted by molar-refractivity contribution is 5.76. The molecule has 4 nitrogen and oxygen atoms in total. The minimum Gasteiger partial charge on any atom is -0.370 e. The molecule has 0 aliphatic carbocycles. The first-order valence-electron chi connectivity index (χ1n) is 5.65. The summed E-state index contributed by atoms with van der Waals surface area (Å²) in [6, 6.07) is 0. The minimum absolute atomic E-state index is 0.0149. The lowest BCUT2D eigenvalue weighted by Crippen LogP contribution is -2.22. The Hall–Kier alpha value is -1.06. The Bertz CT molecular complexity index is 205. The molecule has 0 aliphatic rings. The largest absolute Gasteiger partial charge is 0.370 e. The third-order valence-electron chi connectivity index (χ3n) is 2.62. The first-order valence-corrected chi connectivity index (χ1v) is 5.65. The first-order chi connectivity index (χ1) is 7.07. The van der Waals surface area contributed by atoms with Crippen molar-refractivity contribution >= 4 is 11.8 Å². The van der Waals surface area contributed by atoms with Crippen LogP contribution in [-0.2, 0) is 9.59 Å². The molecule has 0 saturated heterocycles. The molecular formula is C11H22N2O2. The van der Waals surface area contributed by atoms with Gasteiger partial charge in [0.05, 0.1) is 0 Å². The zero-order valence-electron chi connectivity index (χ0n) is 9.50. The van der Waals surface area contributed by atoms with Crippen molar-refractivity contribution in [2.45, 2.75) is 51.9 Å². The molecular weight excluding hydrogens is 192 g/mol. The van der Waals surface area contributed by atoms with E-state index >= 15 is 0 Å². The number of unbranched alkanes of at least 4 members (excludes halogenated alkanes) is 3. The highest BCUT2D eigenvalue weighted by Crippen LogP contribution is 2.14. The number of primary amides is 2. The van der Waals surface area contributed by atoms with Crippen molar-refractivity contribution in [2.24, 2.45) is 17.4 Å². The Morgan fingerprint density at radius 2 is 1.67 bits per heavy atom. The zero-order valence-corrected chi connectivity index (χ0v) is 9.50. The fourth-order valence-electron chi connectivity index (χ4n) is 1.59. The van der Waals surface area contributed by atoms with Gasteiger partial charge in [0.25, 0.3) is 0 Å². The van der Waals surface area contributed by atoms with Crippen LogP contribution in [0.3, 0.4) is 0 Å². The van der Waals surface area contributed by atoms with Gasteiger partial charge in [0.2, 0.25) is 11.8 Å². The molecule has 0 aromatic rings. The van der Waals surface area contributed by atoms with E-state index in [0.29, 0.717) is 6.42 Å². The van der Waals surface area contributed by atoms with Crippen molar-refractivity contribution < 1.29 is 9.59 Å². The molecule has 0 heterocycles. The molecule has 4 N–H and O–H groups in total. The van der Waals surface area contributed by atoms with Gasteiger partial charge >= 0.3 is 0 Å². The SMILES string of the molecule is CCC(CCCCCCC(N)=O)C(N)=O. The van der Waals surface area contributed by atoms with Gasteiger partial charge in [-0.2, -0.15) is 0 Å². The molecule has 1 atom stereocenters. The number of amides is 2. The van der Waals surface area contributed by atoms with Crippen molar-refractivity contribution in [2.75, 3.05) is 0 Å². The van der Waals surface area contributed by atoms with E-state index in [4.69, 9.17) is 11.5 Å². The molecule has 0 aliphatic heterocycles. The summed E-state index contributed by atoms with van der Waals surface area (Å²) in [4.78, 5) is 21.3. The summed E-state index contributed by atoms with van der Waals surface area (Å²) in [6.45, 7) is 1.97. The smallest absolute Gasteiger partial charge is 0.220 e. The molecule has 0 bridgehead atoms. The van der Waals surface area contributed by atoms with Gasteiger partial charge in [0.1, 0.15) is 0 Å². The van der Waals surface area contributed by atoms with E-state index in [1.54, 1.807) is 0 Å². The second kappa shape index (κ2) is 8.26. The Balaban J connectivity index is 3.37. The molecule has 0 aromatic carbocycles. The molecule has 4 heteroatoms. The number of rotatable bonds is 9. The highest BCUT2D eigenvalue weighted by atomic mass is 16.1. The van der Waals surface area contributed by atoms with E-state index in [9.17, 15) is 9.59 Å². The van der Waals surface area contributed by atoms with Gasteiger partial charge in [0.15, 0.2) is 0 Å². The van der Waals surface area contributed by atoms with E-state index in [1.165, 1.54) is 0 Å². The monoisotopic (exact) mass is 214 g/mol. The van der Waals surface area contributed by atoms with Crippen molar-refractivity contribution in [3.05, 3.63) is 0 Å². The zero-order chi connectivity index (χ0) is 11.7. The highest BCUT2D eigenvalue weighted by Gasteiger charge is 2.11. The summed E-state index contributed by atoms with van der Waals surface area (Å²) in [5.41, 5.74) is 10.2. The summed E-state index contributed by atoms with van der Waals surface area (Å²) < 4.78 is 0. The van der Waals surface area contributed by atoms with Crippen LogP contribution in [0.15, 0.2) is 0 Å². The lowest BCUT2D eigenvalue weighted by Gasteiger charge is -2.09. The fraction of sp³-hybridized carbons (Fsp3) is 0.818. The third kappa shape index (κ3) is 7.97. The fourth-order valence-corrected chi connectivity index (χ4v) is 1.59. The maximum Gasteiger partial charge on any atom is 0.220 e. The molecule has 0 rings (SSSR count). The van der Waals surface area contributed by atoms with Gasteiger partial charge in [-0.1, -0.05) is 26.2 Å². The van der Waals surface area contributed by atoms with Crippen LogP contribution in [-0.4, -0.2) is 11.8 Å². The van der Waals surface area contributed by atoms with Crippen LogP contribution in [0.25, 0.3) is 0 Å². The van der Waals surface area contributed by atoms with E-state index in [0.717, 1.165) is 38.5 Å². The van der Waals surface area contributed by atoms with Crippen LogP contribution in [0.4, 0.5) is 0 Å². The van der Waals surface area contributed by atoms with E-state index in [2.05, 4.69) is 0 Å². The van der Waals surface area contributed by atoms with Crippen LogP contribution >= 0.6 is 0 Å². The van der Waals surface area contributed by atoms with E-state index in [1.807, 2.05) is 6.92 Å².